The molecule has 0 aromatic heterocycles. The predicted octanol–water partition coefficient (Wildman–Crippen LogP) is 3.42. The number of sulfonamides is 1. The van der Waals surface area contributed by atoms with Gasteiger partial charge in [0.1, 0.15) is 6.54 Å². The molecule has 2 aromatic carbocycles. The Labute approximate surface area is 153 Å². The summed E-state index contributed by atoms with van der Waals surface area (Å²) in [5.41, 5.74) is -0.0591. The smallest absolute Gasteiger partial charge is 0.324 e. The minimum absolute atomic E-state index is 0.0591. The quantitative estimate of drug-likeness (QED) is 0.792. The normalized spacial score (nSPS) is 11.2. The third-order valence-corrected chi connectivity index (χ3v) is 5.33. The van der Waals surface area contributed by atoms with Gasteiger partial charge in [-0.3, -0.25) is 9.10 Å². The van der Waals surface area contributed by atoms with Crippen molar-refractivity contribution in [2.24, 2.45) is 0 Å². The maximum atomic E-state index is 13.9. The molecule has 0 unspecified atom stereocenters. The molecule has 0 aliphatic carbocycles. The van der Waals surface area contributed by atoms with Gasteiger partial charge in [-0.2, -0.15) is 0 Å². The van der Waals surface area contributed by atoms with Crippen molar-refractivity contribution in [1.82, 2.24) is 0 Å². The third-order valence-electron chi connectivity index (χ3n) is 3.13. The van der Waals surface area contributed by atoms with Crippen molar-refractivity contribution in [2.75, 3.05) is 18.0 Å². The van der Waals surface area contributed by atoms with Crippen molar-refractivity contribution < 1.29 is 27.4 Å². The van der Waals surface area contributed by atoms with Crippen molar-refractivity contribution in [3.8, 4) is 5.75 Å². The van der Waals surface area contributed by atoms with E-state index in [0.717, 1.165) is 18.2 Å². The van der Waals surface area contributed by atoms with Gasteiger partial charge in [0.25, 0.3) is 10.0 Å². The molecule has 0 amide bonds. The van der Waals surface area contributed by atoms with Gasteiger partial charge in [0, 0.05) is 10.0 Å². The number of carbonyl (C=O) groups is 1. The van der Waals surface area contributed by atoms with E-state index < -0.39 is 33.3 Å². The Morgan fingerprint density at radius 3 is 2.28 bits per heavy atom. The number of hydrogen-bond donors (Lipinski definition) is 1. The molecular formula is C15H12Cl2FNO5S. The first-order valence-corrected chi connectivity index (χ1v) is 8.89. The Kier molecular flexibility index (Phi) is 5.76. The fraction of sp³-hybridized carbons (Fsp3) is 0.133. The van der Waals surface area contributed by atoms with E-state index in [0.29, 0.717) is 4.31 Å². The number of halogens is 3. The summed E-state index contributed by atoms with van der Waals surface area (Å²) >= 11 is 11.7. The van der Waals surface area contributed by atoms with Crippen LogP contribution in [0.15, 0.2) is 41.3 Å². The molecule has 25 heavy (non-hydrogen) atoms. The number of ether oxygens (including phenoxy) is 1. The van der Waals surface area contributed by atoms with Crippen LogP contribution in [0.25, 0.3) is 0 Å². The van der Waals surface area contributed by atoms with E-state index >= 15 is 0 Å². The first-order chi connectivity index (χ1) is 11.6. The number of hydrogen-bond acceptors (Lipinski definition) is 4. The average molecular weight is 408 g/mol. The molecule has 0 saturated carbocycles. The second kappa shape index (κ2) is 7.47. The number of aliphatic carboxylic acids is 1. The number of carboxylic acids is 1. The van der Waals surface area contributed by atoms with Crippen molar-refractivity contribution in [3.63, 3.8) is 0 Å². The molecular weight excluding hydrogens is 396 g/mol. The topological polar surface area (TPSA) is 83.9 Å². The van der Waals surface area contributed by atoms with E-state index in [1.54, 1.807) is 0 Å². The van der Waals surface area contributed by atoms with Crippen LogP contribution in [0.4, 0.5) is 10.1 Å². The summed E-state index contributed by atoms with van der Waals surface area (Å²) in [6.07, 6.45) is 0. The highest BCUT2D eigenvalue weighted by Gasteiger charge is 2.28. The molecule has 0 spiro atoms. The summed E-state index contributed by atoms with van der Waals surface area (Å²) in [6, 6.07) is 6.84. The van der Waals surface area contributed by atoms with Gasteiger partial charge < -0.3 is 9.84 Å². The molecule has 0 aliphatic heterocycles. The Morgan fingerprint density at radius 1 is 1.20 bits per heavy atom. The Morgan fingerprint density at radius 2 is 1.80 bits per heavy atom. The van der Waals surface area contributed by atoms with Crippen LogP contribution in [0.2, 0.25) is 10.0 Å². The summed E-state index contributed by atoms with van der Waals surface area (Å²) < 4.78 is 44.8. The second-order valence-electron chi connectivity index (χ2n) is 4.83. The molecule has 0 atom stereocenters. The molecule has 0 saturated heterocycles. The minimum Gasteiger partial charge on any atom is -0.494 e. The van der Waals surface area contributed by atoms with E-state index in [9.17, 15) is 17.6 Å². The van der Waals surface area contributed by atoms with Crippen molar-refractivity contribution in [2.45, 2.75) is 4.90 Å². The fourth-order valence-electron chi connectivity index (χ4n) is 2.06. The molecule has 0 bridgehead atoms. The third kappa shape index (κ3) is 4.33. The summed E-state index contributed by atoms with van der Waals surface area (Å²) in [5.74, 6) is -2.45. The molecule has 2 aromatic rings. The molecule has 0 heterocycles. The van der Waals surface area contributed by atoms with Gasteiger partial charge in [0.15, 0.2) is 11.6 Å². The molecule has 134 valence electrons. The van der Waals surface area contributed by atoms with Crippen LogP contribution in [-0.4, -0.2) is 33.1 Å². The molecule has 0 aliphatic rings. The van der Waals surface area contributed by atoms with Crippen molar-refractivity contribution >= 4 is 44.9 Å². The first-order valence-electron chi connectivity index (χ1n) is 6.69. The Bertz CT molecular complexity index is 900. The lowest BCUT2D eigenvalue weighted by atomic mass is 10.3. The number of nitrogens with zero attached hydrogens (tertiary/aromatic N) is 1. The number of benzene rings is 2. The largest absolute Gasteiger partial charge is 0.494 e. The second-order valence-corrected chi connectivity index (χ2v) is 7.56. The van der Waals surface area contributed by atoms with Crippen molar-refractivity contribution in [1.29, 1.82) is 0 Å². The van der Waals surface area contributed by atoms with Gasteiger partial charge in [-0.05, 0) is 36.4 Å². The van der Waals surface area contributed by atoms with Gasteiger partial charge in [-0.25, -0.2) is 12.8 Å². The SMILES string of the molecule is COc1ccc(S(=O)(=O)N(CC(=O)O)c2cc(Cl)cc(Cl)c2)cc1F. The molecule has 10 heteroatoms. The summed E-state index contributed by atoms with van der Waals surface area (Å²) in [6.45, 7) is -0.896. The van der Waals surface area contributed by atoms with E-state index in [1.165, 1.54) is 25.3 Å². The van der Waals surface area contributed by atoms with E-state index in [4.69, 9.17) is 33.0 Å². The highest BCUT2D eigenvalue weighted by atomic mass is 35.5. The summed E-state index contributed by atoms with van der Waals surface area (Å²) in [4.78, 5) is 10.7. The van der Waals surface area contributed by atoms with Crippen LogP contribution in [-0.2, 0) is 14.8 Å². The highest BCUT2D eigenvalue weighted by Crippen LogP contribution is 2.30. The van der Waals surface area contributed by atoms with Crippen LogP contribution in [0, 0.1) is 5.82 Å². The van der Waals surface area contributed by atoms with Gasteiger partial charge in [-0.15, -0.1) is 0 Å². The van der Waals surface area contributed by atoms with Gasteiger partial charge in [0.2, 0.25) is 0 Å². The fourth-order valence-corrected chi connectivity index (χ4v) is 3.98. The first kappa shape index (κ1) is 19.3. The Hall–Kier alpha value is -2.03. The zero-order valence-electron chi connectivity index (χ0n) is 12.7. The molecule has 1 N–H and O–H groups in total. The number of anilines is 1. The van der Waals surface area contributed by atoms with Crippen LogP contribution in [0.5, 0.6) is 5.75 Å². The monoisotopic (exact) mass is 407 g/mol. The van der Waals surface area contributed by atoms with Gasteiger partial charge in [-0.1, -0.05) is 23.2 Å². The van der Waals surface area contributed by atoms with Crippen molar-refractivity contribution in [3.05, 3.63) is 52.3 Å². The highest BCUT2D eigenvalue weighted by molar-refractivity contribution is 7.92. The minimum atomic E-state index is -4.39. The van der Waals surface area contributed by atoms with Crippen LogP contribution < -0.4 is 9.04 Å². The van der Waals surface area contributed by atoms with E-state index in [2.05, 4.69) is 0 Å². The lowest BCUT2D eigenvalue weighted by Crippen LogP contribution is -2.35. The predicted molar refractivity (Wildman–Crippen MR) is 91.6 cm³/mol. The van der Waals surface area contributed by atoms with Gasteiger partial charge in [0.05, 0.1) is 17.7 Å². The average Bonchev–Trinajstić information content (AvgIpc) is 2.51. The molecule has 0 fully saturated rings. The Balaban J connectivity index is 2.59. The van der Waals surface area contributed by atoms with Crippen LogP contribution >= 0.6 is 23.2 Å². The molecule has 0 radical (unpaired) electrons. The van der Waals surface area contributed by atoms with Crippen LogP contribution in [0.3, 0.4) is 0 Å². The number of rotatable bonds is 6. The summed E-state index contributed by atoms with van der Waals surface area (Å²) in [7, 11) is -3.16. The maximum Gasteiger partial charge on any atom is 0.324 e. The summed E-state index contributed by atoms with van der Waals surface area (Å²) in [5, 5.41) is 9.30. The molecule has 6 nitrogen and oxygen atoms in total. The lowest BCUT2D eigenvalue weighted by molar-refractivity contribution is -0.135. The standard InChI is InChI=1S/C15H12Cl2FNO5S/c1-24-14-3-2-12(7-13(14)18)25(22,23)19(8-15(20)21)11-5-9(16)4-10(17)6-11/h2-7H,8H2,1H3,(H,20,21). The number of carboxylic acid groups (broad SMARTS) is 1. The molecule has 2 rings (SSSR count). The van der Waals surface area contributed by atoms with Crippen LogP contribution in [0.1, 0.15) is 0 Å². The maximum absolute atomic E-state index is 13.9. The van der Waals surface area contributed by atoms with E-state index in [1.807, 2.05) is 0 Å². The number of methoxy groups -OCH3 is 1. The lowest BCUT2D eigenvalue weighted by Gasteiger charge is -2.23. The van der Waals surface area contributed by atoms with Gasteiger partial charge >= 0.3 is 5.97 Å². The zero-order chi connectivity index (χ0) is 18.8. The zero-order valence-corrected chi connectivity index (χ0v) is 15.1. The van der Waals surface area contributed by atoms with E-state index in [-0.39, 0.29) is 21.5 Å².